The van der Waals surface area contributed by atoms with Crippen molar-refractivity contribution in [1.29, 1.82) is 0 Å². The van der Waals surface area contributed by atoms with Crippen molar-refractivity contribution in [1.82, 2.24) is 4.90 Å². The molecule has 4 nitrogen and oxygen atoms in total. The van der Waals surface area contributed by atoms with Crippen LogP contribution in [0.3, 0.4) is 0 Å². The van der Waals surface area contributed by atoms with E-state index in [0.717, 1.165) is 45.4 Å². The van der Waals surface area contributed by atoms with Crippen LogP contribution >= 0.6 is 0 Å². The van der Waals surface area contributed by atoms with Crippen LogP contribution in [0.15, 0.2) is 0 Å². The van der Waals surface area contributed by atoms with Gasteiger partial charge in [0.1, 0.15) is 5.60 Å². The van der Waals surface area contributed by atoms with E-state index in [2.05, 4.69) is 0 Å². The maximum atomic E-state index is 12.5. The molecule has 0 bridgehead atoms. The van der Waals surface area contributed by atoms with Gasteiger partial charge in [-0.15, -0.1) is 0 Å². The molecule has 3 fully saturated rings. The number of ether oxygens (including phenoxy) is 2. The molecule has 1 aliphatic carbocycles. The Bertz CT molecular complexity index is 346. The summed E-state index contributed by atoms with van der Waals surface area (Å²) in [5.41, 5.74) is -0.224. The smallest absolute Gasteiger partial charge is 0.222 e. The van der Waals surface area contributed by atoms with Crippen molar-refractivity contribution >= 4 is 5.91 Å². The SMILES string of the molecule is CO[C@H]1CCN(C(=O)CC2CCCC2)C[C@@]12CCCO2. The lowest BCUT2D eigenvalue weighted by molar-refractivity contribution is -0.161. The van der Waals surface area contributed by atoms with Crippen molar-refractivity contribution in [2.75, 3.05) is 26.8 Å². The molecule has 4 heteroatoms. The lowest BCUT2D eigenvalue weighted by Crippen LogP contribution is -2.58. The maximum Gasteiger partial charge on any atom is 0.222 e. The molecule has 2 aliphatic heterocycles. The van der Waals surface area contributed by atoms with Crippen LogP contribution in [0.4, 0.5) is 0 Å². The zero-order chi connectivity index (χ0) is 14.0. The molecule has 1 spiro atoms. The van der Waals surface area contributed by atoms with Gasteiger partial charge in [0.2, 0.25) is 5.91 Å². The Balaban J connectivity index is 1.61. The second kappa shape index (κ2) is 6.02. The molecule has 0 N–H and O–H groups in total. The zero-order valence-electron chi connectivity index (χ0n) is 12.6. The molecule has 0 aromatic heterocycles. The van der Waals surface area contributed by atoms with Crippen molar-refractivity contribution in [3.63, 3.8) is 0 Å². The average Bonchev–Trinajstić information content (AvgIpc) is 3.11. The maximum absolute atomic E-state index is 12.5. The minimum Gasteiger partial charge on any atom is -0.378 e. The Morgan fingerprint density at radius 1 is 1.30 bits per heavy atom. The molecular weight excluding hydrogens is 254 g/mol. The van der Waals surface area contributed by atoms with Crippen LogP contribution in [0.5, 0.6) is 0 Å². The number of amides is 1. The third-order valence-electron chi connectivity index (χ3n) is 5.42. The van der Waals surface area contributed by atoms with Gasteiger partial charge in [0.15, 0.2) is 0 Å². The number of methoxy groups -OCH3 is 1. The second-order valence-electron chi connectivity index (χ2n) is 6.70. The first-order valence-electron chi connectivity index (χ1n) is 8.18. The summed E-state index contributed by atoms with van der Waals surface area (Å²) in [6.45, 7) is 2.37. The van der Waals surface area contributed by atoms with Gasteiger partial charge in [-0.1, -0.05) is 12.8 Å². The summed E-state index contributed by atoms with van der Waals surface area (Å²) in [4.78, 5) is 14.6. The topological polar surface area (TPSA) is 38.8 Å². The summed E-state index contributed by atoms with van der Waals surface area (Å²) in [6, 6.07) is 0. The molecule has 1 amide bonds. The van der Waals surface area contributed by atoms with Crippen LogP contribution in [0, 0.1) is 5.92 Å². The standard InChI is InChI=1S/C16H27NO3/c1-19-14-7-9-17(12-16(14)8-4-10-20-16)15(18)11-13-5-2-3-6-13/h13-14H,2-12H2,1H3/t14-,16-/m0/s1. The van der Waals surface area contributed by atoms with Gasteiger partial charge >= 0.3 is 0 Å². The molecule has 2 atom stereocenters. The first-order valence-corrected chi connectivity index (χ1v) is 8.18. The van der Waals surface area contributed by atoms with Gasteiger partial charge in [-0.25, -0.2) is 0 Å². The molecule has 2 saturated heterocycles. The Kier molecular flexibility index (Phi) is 4.32. The summed E-state index contributed by atoms with van der Waals surface area (Å²) >= 11 is 0. The highest BCUT2D eigenvalue weighted by molar-refractivity contribution is 5.76. The highest BCUT2D eigenvalue weighted by Gasteiger charge is 2.48. The summed E-state index contributed by atoms with van der Waals surface area (Å²) < 4.78 is 11.6. The lowest BCUT2D eigenvalue weighted by atomic mass is 9.86. The summed E-state index contributed by atoms with van der Waals surface area (Å²) in [5.74, 6) is 0.962. The van der Waals surface area contributed by atoms with Gasteiger partial charge < -0.3 is 14.4 Å². The predicted octanol–water partition coefficient (Wildman–Crippen LogP) is 2.36. The number of carbonyl (C=O) groups excluding carboxylic acids is 1. The molecule has 0 unspecified atom stereocenters. The van der Waals surface area contributed by atoms with Crippen molar-refractivity contribution in [2.24, 2.45) is 5.92 Å². The molecular formula is C16H27NO3. The monoisotopic (exact) mass is 281 g/mol. The largest absolute Gasteiger partial charge is 0.378 e. The Morgan fingerprint density at radius 2 is 2.10 bits per heavy atom. The number of nitrogens with zero attached hydrogens (tertiary/aromatic N) is 1. The van der Waals surface area contributed by atoms with Crippen molar-refractivity contribution < 1.29 is 14.3 Å². The van der Waals surface area contributed by atoms with E-state index in [1.165, 1.54) is 25.7 Å². The Hall–Kier alpha value is -0.610. The second-order valence-corrected chi connectivity index (χ2v) is 6.70. The summed E-state index contributed by atoms with van der Waals surface area (Å²) in [7, 11) is 1.77. The molecule has 114 valence electrons. The molecule has 0 aromatic carbocycles. The quantitative estimate of drug-likeness (QED) is 0.797. The fourth-order valence-corrected chi connectivity index (χ4v) is 4.27. The highest BCUT2D eigenvalue weighted by Crippen LogP contribution is 2.37. The van der Waals surface area contributed by atoms with E-state index >= 15 is 0 Å². The Morgan fingerprint density at radius 3 is 2.75 bits per heavy atom. The van der Waals surface area contributed by atoms with Gasteiger partial charge in [0.05, 0.1) is 12.6 Å². The predicted molar refractivity (Wildman–Crippen MR) is 76.5 cm³/mol. The van der Waals surface area contributed by atoms with Crippen LogP contribution in [-0.2, 0) is 14.3 Å². The summed E-state index contributed by atoms with van der Waals surface area (Å²) in [5, 5.41) is 0. The number of carbonyl (C=O) groups is 1. The van der Waals surface area contributed by atoms with Gasteiger partial charge in [0, 0.05) is 26.7 Å². The van der Waals surface area contributed by atoms with E-state index in [0.29, 0.717) is 11.8 Å². The van der Waals surface area contributed by atoms with E-state index in [9.17, 15) is 4.79 Å². The van der Waals surface area contributed by atoms with Crippen LogP contribution in [0.1, 0.15) is 51.4 Å². The lowest BCUT2D eigenvalue weighted by Gasteiger charge is -2.44. The molecule has 0 aromatic rings. The van der Waals surface area contributed by atoms with Crippen molar-refractivity contribution in [2.45, 2.75) is 63.1 Å². The number of piperidine rings is 1. The van der Waals surface area contributed by atoms with Crippen LogP contribution in [0.2, 0.25) is 0 Å². The van der Waals surface area contributed by atoms with E-state index in [1.54, 1.807) is 7.11 Å². The van der Waals surface area contributed by atoms with Crippen molar-refractivity contribution in [3.8, 4) is 0 Å². The molecule has 1 saturated carbocycles. The van der Waals surface area contributed by atoms with E-state index in [1.807, 2.05) is 4.90 Å². The van der Waals surface area contributed by atoms with E-state index < -0.39 is 0 Å². The molecule has 3 aliphatic rings. The number of hydrogen-bond acceptors (Lipinski definition) is 3. The third kappa shape index (κ3) is 2.73. The minimum absolute atomic E-state index is 0.153. The first-order chi connectivity index (χ1) is 9.73. The fourth-order valence-electron chi connectivity index (χ4n) is 4.27. The van der Waals surface area contributed by atoms with Crippen LogP contribution < -0.4 is 0 Å². The van der Waals surface area contributed by atoms with Gasteiger partial charge in [-0.3, -0.25) is 4.79 Å². The molecule has 3 rings (SSSR count). The molecule has 2 heterocycles. The molecule has 20 heavy (non-hydrogen) atoms. The number of likely N-dealkylation sites (tertiary alicyclic amines) is 1. The third-order valence-corrected chi connectivity index (χ3v) is 5.42. The average molecular weight is 281 g/mol. The minimum atomic E-state index is -0.224. The normalized spacial score (nSPS) is 35.0. The highest BCUT2D eigenvalue weighted by atomic mass is 16.6. The van der Waals surface area contributed by atoms with Gasteiger partial charge in [-0.05, 0) is 38.0 Å². The summed E-state index contributed by atoms with van der Waals surface area (Å²) in [6.07, 6.45) is 9.00. The number of rotatable bonds is 3. The van der Waals surface area contributed by atoms with Crippen LogP contribution in [0.25, 0.3) is 0 Å². The number of hydrogen-bond donors (Lipinski definition) is 0. The zero-order valence-corrected chi connectivity index (χ0v) is 12.6. The van der Waals surface area contributed by atoms with E-state index in [-0.39, 0.29) is 11.7 Å². The fraction of sp³-hybridized carbons (Fsp3) is 0.938. The molecule has 0 radical (unpaired) electrons. The Labute approximate surface area is 121 Å². The van der Waals surface area contributed by atoms with Crippen molar-refractivity contribution in [3.05, 3.63) is 0 Å². The van der Waals surface area contributed by atoms with E-state index in [4.69, 9.17) is 9.47 Å². The first kappa shape index (κ1) is 14.3. The van der Waals surface area contributed by atoms with Crippen LogP contribution in [-0.4, -0.2) is 49.3 Å². The van der Waals surface area contributed by atoms with Gasteiger partial charge in [-0.2, -0.15) is 0 Å². The van der Waals surface area contributed by atoms with Gasteiger partial charge in [0.25, 0.3) is 0 Å².